The van der Waals surface area contributed by atoms with Crippen molar-refractivity contribution in [2.75, 3.05) is 25.0 Å². The van der Waals surface area contributed by atoms with Crippen molar-refractivity contribution in [3.8, 4) is 5.69 Å². The average Bonchev–Trinajstić information content (AvgIpc) is 3.51. The van der Waals surface area contributed by atoms with Gasteiger partial charge in [-0.25, -0.2) is 17.5 Å². The molecule has 2 aromatic heterocycles. The molecule has 3 heterocycles. The summed E-state index contributed by atoms with van der Waals surface area (Å²) in [4.78, 5) is 2.51. The highest BCUT2D eigenvalue weighted by Crippen LogP contribution is 2.31. The second-order valence-corrected chi connectivity index (χ2v) is 11.4. The Hall–Kier alpha value is -3.24. The second kappa shape index (κ2) is 9.67. The van der Waals surface area contributed by atoms with Crippen molar-refractivity contribution < 1.29 is 12.8 Å². The Labute approximate surface area is 211 Å². The van der Waals surface area contributed by atoms with Crippen molar-refractivity contribution in [1.29, 1.82) is 0 Å². The van der Waals surface area contributed by atoms with E-state index in [9.17, 15) is 12.8 Å². The molecule has 1 atom stereocenters. The maximum absolute atomic E-state index is 13.4. The first-order chi connectivity index (χ1) is 17.3. The van der Waals surface area contributed by atoms with E-state index in [1.165, 1.54) is 22.6 Å². The quantitative estimate of drug-likeness (QED) is 0.369. The number of aromatic nitrogens is 4. The maximum Gasteiger partial charge on any atom is 0.246 e. The molecule has 36 heavy (non-hydrogen) atoms. The van der Waals surface area contributed by atoms with E-state index >= 15 is 0 Å². The zero-order chi connectivity index (χ0) is 25.4. The van der Waals surface area contributed by atoms with E-state index in [0.717, 1.165) is 53.6 Å². The largest absolute Gasteiger partial charge is 0.370 e. The van der Waals surface area contributed by atoms with E-state index < -0.39 is 10.0 Å². The molecule has 5 rings (SSSR count). The molecule has 0 amide bonds. The van der Waals surface area contributed by atoms with Crippen LogP contribution in [0.1, 0.15) is 31.7 Å². The number of halogens is 1. The number of rotatable bonds is 7. The van der Waals surface area contributed by atoms with Crippen LogP contribution < -0.4 is 4.90 Å². The Bertz CT molecular complexity index is 1480. The van der Waals surface area contributed by atoms with Gasteiger partial charge in [-0.05, 0) is 68.1 Å². The molecule has 0 aliphatic carbocycles. The summed E-state index contributed by atoms with van der Waals surface area (Å²) in [5.41, 5.74) is 3.90. The van der Waals surface area contributed by atoms with Gasteiger partial charge in [-0.2, -0.15) is 14.5 Å². The Balaban J connectivity index is 1.39. The van der Waals surface area contributed by atoms with Crippen molar-refractivity contribution in [2.24, 2.45) is 0 Å². The molecule has 2 aromatic carbocycles. The van der Waals surface area contributed by atoms with Crippen LogP contribution in [0.5, 0.6) is 0 Å². The molecular formula is C26H31FN6O2S. The van der Waals surface area contributed by atoms with Crippen molar-refractivity contribution in [3.05, 3.63) is 66.4 Å². The SMILES string of the molecule is CCCn1cc(S(=O)(=O)N(C)[C@H]2CCCN(c3cc4cnn(-c5ccc(F)cc5)c4cc3C)C2)cn1. The summed E-state index contributed by atoms with van der Waals surface area (Å²) in [5, 5.41) is 9.71. The number of sulfonamides is 1. The summed E-state index contributed by atoms with van der Waals surface area (Å²) in [6.45, 7) is 6.25. The first kappa shape index (κ1) is 24.5. The minimum absolute atomic E-state index is 0.143. The standard InChI is InChI=1S/C26H31FN6O2S/c1-4-11-32-18-24(16-28-32)36(34,35)30(3)23-6-5-12-31(17-23)25-14-20-15-29-33(26(20)13-19(25)2)22-9-7-21(27)8-10-22/h7-10,13-16,18,23H,4-6,11-12,17H2,1-3H3/t23-/m0/s1. The topological polar surface area (TPSA) is 76.3 Å². The van der Waals surface area contributed by atoms with E-state index in [0.29, 0.717) is 13.1 Å². The van der Waals surface area contributed by atoms with Crippen LogP contribution in [0.3, 0.4) is 0 Å². The minimum Gasteiger partial charge on any atom is -0.370 e. The van der Waals surface area contributed by atoms with Gasteiger partial charge in [-0.3, -0.25) is 4.68 Å². The van der Waals surface area contributed by atoms with Gasteiger partial charge in [0.2, 0.25) is 10.0 Å². The van der Waals surface area contributed by atoms with Crippen molar-refractivity contribution in [3.63, 3.8) is 0 Å². The van der Waals surface area contributed by atoms with Gasteiger partial charge in [0.15, 0.2) is 0 Å². The highest BCUT2D eigenvalue weighted by atomic mass is 32.2. The molecule has 10 heteroatoms. The summed E-state index contributed by atoms with van der Waals surface area (Å²) in [5.74, 6) is -0.282. The summed E-state index contributed by atoms with van der Waals surface area (Å²) >= 11 is 0. The molecule has 0 saturated carbocycles. The third-order valence-electron chi connectivity index (χ3n) is 6.95. The third-order valence-corrected chi connectivity index (χ3v) is 8.81. The Morgan fingerprint density at radius 1 is 1.14 bits per heavy atom. The molecule has 1 saturated heterocycles. The summed E-state index contributed by atoms with van der Waals surface area (Å²) in [6.07, 6.45) is 7.46. The van der Waals surface area contributed by atoms with E-state index in [1.54, 1.807) is 30.1 Å². The lowest BCUT2D eigenvalue weighted by Gasteiger charge is -2.38. The fourth-order valence-corrected chi connectivity index (χ4v) is 6.29. The Kier molecular flexibility index (Phi) is 6.57. The van der Waals surface area contributed by atoms with Gasteiger partial charge in [-0.15, -0.1) is 0 Å². The molecule has 0 N–H and O–H groups in total. The lowest BCUT2D eigenvalue weighted by molar-refractivity contribution is 0.320. The lowest BCUT2D eigenvalue weighted by atomic mass is 10.0. The first-order valence-corrected chi connectivity index (χ1v) is 13.7. The van der Waals surface area contributed by atoms with Crippen LogP contribution in [0.25, 0.3) is 16.6 Å². The van der Waals surface area contributed by atoms with Gasteiger partial charge >= 0.3 is 0 Å². The molecule has 1 aliphatic heterocycles. The van der Waals surface area contributed by atoms with Crippen LogP contribution in [0.2, 0.25) is 0 Å². The zero-order valence-corrected chi connectivity index (χ0v) is 21.6. The molecular weight excluding hydrogens is 479 g/mol. The monoisotopic (exact) mass is 510 g/mol. The van der Waals surface area contributed by atoms with Gasteiger partial charge in [0.05, 0.1) is 23.6 Å². The van der Waals surface area contributed by atoms with Gasteiger partial charge in [0.1, 0.15) is 10.7 Å². The van der Waals surface area contributed by atoms with Gasteiger partial charge in [0.25, 0.3) is 0 Å². The van der Waals surface area contributed by atoms with Gasteiger partial charge in [0, 0.05) is 50.0 Å². The summed E-state index contributed by atoms with van der Waals surface area (Å²) in [6, 6.07) is 10.3. The highest BCUT2D eigenvalue weighted by molar-refractivity contribution is 7.89. The van der Waals surface area contributed by atoms with E-state index in [4.69, 9.17) is 0 Å². The van der Waals surface area contributed by atoms with E-state index in [-0.39, 0.29) is 16.8 Å². The molecule has 0 bridgehead atoms. The van der Waals surface area contributed by atoms with Crippen molar-refractivity contribution in [1.82, 2.24) is 23.9 Å². The second-order valence-electron chi connectivity index (χ2n) is 9.43. The zero-order valence-electron chi connectivity index (χ0n) is 20.8. The van der Waals surface area contributed by atoms with E-state index in [1.807, 2.05) is 17.8 Å². The average molecular weight is 511 g/mol. The summed E-state index contributed by atoms with van der Waals surface area (Å²) < 4.78 is 45.0. The third kappa shape index (κ3) is 4.51. The number of hydrogen-bond acceptors (Lipinski definition) is 5. The minimum atomic E-state index is -3.63. The fraction of sp³-hybridized carbons (Fsp3) is 0.385. The smallest absolute Gasteiger partial charge is 0.246 e. The molecule has 1 fully saturated rings. The number of nitrogens with zero attached hydrogens (tertiary/aromatic N) is 6. The molecule has 4 aromatic rings. The van der Waals surface area contributed by atoms with Crippen LogP contribution in [0.15, 0.2) is 59.9 Å². The Morgan fingerprint density at radius 3 is 2.67 bits per heavy atom. The van der Waals surface area contributed by atoms with E-state index in [2.05, 4.69) is 34.2 Å². The molecule has 0 radical (unpaired) electrons. The predicted octanol–water partition coefficient (Wildman–Crippen LogP) is 4.37. The fourth-order valence-electron chi connectivity index (χ4n) is 4.96. The number of anilines is 1. The Morgan fingerprint density at radius 2 is 1.92 bits per heavy atom. The molecule has 8 nitrogen and oxygen atoms in total. The predicted molar refractivity (Wildman–Crippen MR) is 138 cm³/mol. The number of hydrogen-bond donors (Lipinski definition) is 0. The van der Waals surface area contributed by atoms with Crippen LogP contribution in [0.4, 0.5) is 10.1 Å². The van der Waals surface area contributed by atoms with Crippen LogP contribution >= 0.6 is 0 Å². The number of piperidine rings is 1. The van der Waals surface area contributed by atoms with Crippen LogP contribution in [0, 0.1) is 12.7 Å². The number of fused-ring (bicyclic) bond motifs is 1. The molecule has 0 unspecified atom stereocenters. The first-order valence-electron chi connectivity index (χ1n) is 12.3. The van der Waals surface area contributed by atoms with Crippen LogP contribution in [-0.4, -0.2) is 58.5 Å². The maximum atomic E-state index is 13.4. The van der Waals surface area contributed by atoms with Gasteiger partial charge in [-0.1, -0.05) is 6.92 Å². The number of aryl methyl sites for hydroxylation is 2. The van der Waals surface area contributed by atoms with Crippen LogP contribution in [-0.2, 0) is 16.6 Å². The number of likely N-dealkylation sites (N-methyl/N-ethyl adjacent to an activating group) is 1. The van der Waals surface area contributed by atoms with Crippen molar-refractivity contribution in [2.45, 2.75) is 50.6 Å². The molecule has 0 spiro atoms. The summed E-state index contributed by atoms with van der Waals surface area (Å²) in [7, 11) is -1.96. The molecule has 1 aliphatic rings. The lowest BCUT2D eigenvalue weighted by Crippen LogP contribution is -2.48. The van der Waals surface area contributed by atoms with Crippen molar-refractivity contribution >= 4 is 26.6 Å². The normalized spacial score (nSPS) is 16.8. The van der Waals surface area contributed by atoms with Gasteiger partial charge < -0.3 is 4.90 Å². The highest BCUT2D eigenvalue weighted by Gasteiger charge is 2.33. The molecule has 190 valence electrons. The number of benzene rings is 2.